The summed E-state index contributed by atoms with van der Waals surface area (Å²) in [6, 6.07) is 15.8. The van der Waals surface area contributed by atoms with Gasteiger partial charge in [-0.3, -0.25) is 0 Å². The van der Waals surface area contributed by atoms with Crippen LogP contribution in [0.5, 0.6) is 0 Å². The third kappa shape index (κ3) is 4.05. The first-order chi connectivity index (χ1) is 12.4. The molecule has 2 aromatic rings. The van der Waals surface area contributed by atoms with Crippen molar-refractivity contribution >= 4 is 51.3 Å². The molecule has 1 fully saturated rings. The topological polar surface area (TPSA) is 63.7 Å². The second-order valence-corrected chi connectivity index (χ2v) is 11.4. The van der Waals surface area contributed by atoms with Crippen molar-refractivity contribution < 1.29 is 17.9 Å². The summed E-state index contributed by atoms with van der Waals surface area (Å²) < 4.78 is 34.2. The maximum absolute atomic E-state index is 13.2. The van der Waals surface area contributed by atoms with E-state index >= 15 is 0 Å². The van der Waals surface area contributed by atoms with Crippen molar-refractivity contribution in [3.63, 3.8) is 0 Å². The summed E-state index contributed by atoms with van der Waals surface area (Å²) in [4.78, 5) is 12.5. The standard InChI is InChI=1S/C18H18BrNO4SSe/c1-24-18(21)16-11-14(26-13-7-3-2-4-8-13)12-20(16)25(22,23)17-10-6-5-9-15(17)19/h2-10,14,16H,11-12H2,1H3/t14-,16-/m0/s1. The molecule has 1 aliphatic heterocycles. The predicted molar refractivity (Wildman–Crippen MR) is 104 cm³/mol. The molecule has 0 saturated carbocycles. The molecule has 8 heteroatoms. The van der Waals surface area contributed by atoms with Gasteiger partial charge in [-0.1, -0.05) is 0 Å². The van der Waals surface area contributed by atoms with Gasteiger partial charge in [0, 0.05) is 0 Å². The van der Waals surface area contributed by atoms with Crippen LogP contribution in [0.2, 0.25) is 4.82 Å². The minimum absolute atomic E-state index is 0.0751. The van der Waals surface area contributed by atoms with Crippen molar-refractivity contribution in [2.75, 3.05) is 13.7 Å². The monoisotopic (exact) mass is 503 g/mol. The Morgan fingerprint density at radius 2 is 1.81 bits per heavy atom. The maximum atomic E-state index is 13.2. The number of hydrogen-bond acceptors (Lipinski definition) is 4. The van der Waals surface area contributed by atoms with Crippen LogP contribution in [0.4, 0.5) is 0 Å². The Hall–Kier alpha value is -1.18. The molecule has 0 radical (unpaired) electrons. The van der Waals surface area contributed by atoms with Gasteiger partial charge in [0.2, 0.25) is 0 Å². The Labute approximate surface area is 168 Å². The molecule has 2 aromatic carbocycles. The number of halogens is 1. The van der Waals surface area contributed by atoms with E-state index in [1.807, 2.05) is 30.3 Å². The number of rotatable bonds is 5. The Balaban J connectivity index is 1.90. The molecule has 0 unspecified atom stereocenters. The SMILES string of the molecule is COC(=O)[C@@H]1C[C@H]([Se]c2ccccc2)CN1S(=O)(=O)c1ccccc1Br. The first kappa shape index (κ1) is 19.6. The zero-order valence-electron chi connectivity index (χ0n) is 14.0. The van der Waals surface area contributed by atoms with Crippen molar-refractivity contribution in [1.82, 2.24) is 4.31 Å². The molecule has 1 saturated heterocycles. The van der Waals surface area contributed by atoms with Crippen LogP contribution in [0.25, 0.3) is 0 Å². The van der Waals surface area contributed by atoms with Crippen LogP contribution in [0, 0.1) is 0 Å². The molecule has 3 rings (SSSR count). The quantitative estimate of drug-likeness (QED) is 0.464. The zero-order chi connectivity index (χ0) is 18.7. The van der Waals surface area contributed by atoms with Crippen LogP contribution in [0.1, 0.15) is 6.42 Å². The number of methoxy groups -OCH3 is 1. The molecule has 5 nitrogen and oxygen atoms in total. The molecule has 26 heavy (non-hydrogen) atoms. The second-order valence-electron chi connectivity index (χ2n) is 5.83. The van der Waals surface area contributed by atoms with E-state index in [1.165, 1.54) is 15.9 Å². The van der Waals surface area contributed by atoms with E-state index in [-0.39, 0.29) is 24.7 Å². The summed E-state index contributed by atoms with van der Waals surface area (Å²) in [6.45, 7) is 0.318. The van der Waals surface area contributed by atoms with Gasteiger partial charge in [-0.15, -0.1) is 0 Å². The van der Waals surface area contributed by atoms with E-state index in [1.54, 1.807) is 24.3 Å². The van der Waals surface area contributed by atoms with Crippen LogP contribution in [-0.4, -0.2) is 53.3 Å². The van der Waals surface area contributed by atoms with Crippen molar-refractivity contribution in [3.05, 3.63) is 59.1 Å². The van der Waals surface area contributed by atoms with E-state index in [4.69, 9.17) is 4.74 Å². The number of nitrogens with zero attached hydrogens (tertiary/aromatic N) is 1. The summed E-state index contributed by atoms with van der Waals surface area (Å²) in [5, 5.41) is 0. The normalized spacial score (nSPS) is 20.8. The van der Waals surface area contributed by atoms with Crippen LogP contribution < -0.4 is 4.46 Å². The molecule has 1 aliphatic rings. The molecular formula is C18H18BrNO4SSe. The van der Waals surface area contributed by atoms with Gasteiger partial charge < -0.3 is 0 Å². The Morgan fingerprint density at radius 1 is 1.15 bits per heavy atom. The average molecular weight is 503 g/mol. The molecule has 2 atom stereocenters. The van der Waals surface area contributed by atoms with Crippen LogP contribution in [0.15, 0.2) is 64.0 Å². The molecule has 0 aliphatic carbocycles. The van der Waals surface area contributed by atoms with Gasteiger partial charge in [-0.25, -0.2) is 0 Å². The second kappa shape index (κ2) is 8.23. The number of sulfonamides is 1. The third-order valence-electron chi connectivity index (χ3n) is 4.16. The van der Waals surface area contributed by atoms with Crippen LogP contribution in [-0.2, 0) is 19.6 Å². The molecule has 0 aromatic heterocycles. The van der Waals surface area contributed by atoms with Gasteiger partial charge in [-0.2, -0.15) is 0 Å². The number of hydrogen-bond donors (Lipinski definition) is 0. The Bertz CT molecular complexity index is 891. The van der Waals surface area contributed by atoms with Gasteiger partial charge in [0.05, 0.1) is 0 Å². The van der Waals surface area contributed by atoms with E-state index in [0.29, 0.717) is 17.4 Å². The number of carbonyl (C=O) groups excluding carboxylic acids is 1. The van der Waals surface area contributed by atoms with E-state index in [9.17, 15) is 13.2 Å². The summed E-state index contributed by atoms with van der Waals surface area (Å²) in [7, 11) is -2.51. The fourth-order valence-electron chi connectivity index (χ4n) is 2.94. The van der Waals surface area contributed by atoms with Gasteiger partial charge in [0.1, 0.15) is 0 Å². The molecule has 138 valence electrons. The first-order valence-corrected chi connectivity index (χ1v) is 12.1. The Kier molecular flexibility index (Phi) is 6.20. The van der Waals surface area contributed by atoms with E-state index < -0.39 is 22.0 Å². The molecule has 1 heterocycles. The van der Waals surface area contributed by atoms with Gasteiger partial charge in [0.15, 0.2) is 0 Å². The first-order valence-electron chi connectivity index (χ1n) is 7.99. The van der Waals surface area contributed by atoms with Crippen molar-refractivity contribution in [3.8, 4) is 0 Å². The van der Waals surface area contributed by atoms with Crippen molar-refractivity contribution in [2.24, 2.45) is 0 Å². The van der Waals surface area contributed by atoms with Gasteiger partial charge >= 0.3 is 168 Å². The number of esters is 1. The van der Waals surface area contributed by atoms with Gasteiger partial charge in [-0.05, 0) is 0 Å². The molecule has 0 bridgehead atoms. The summed E-state index contributed by atoms with van der Waals surface area (Å²) >= 11 is 3.38. The fraction of sp³-hybridized carbons (Fsp3) is 0.278. The zero-order valence-corrected chi connectivity index (χ0v) is 18.2. The summed E-state index contributed by atoms with van der Waals surface area (Å²) in [5.74, 6) is -0.507. The molecule has 0 amide bonds. The molecular weight excluding hydrogens is 485 g/mol. The fourth-order valence-corrected chi connectivity index (χ4v) is 8.30. The molecule has 0 N–H and O–H groups in total. The third-order valence-corrected chi connectivity index (χ3v) is 9.60. The Morgan fingerprint density at radius 3 is 2.46 bits per heavy atom. The van der Waals surface area contributed by atoms with Crippen LogP contribution >= 0.6 is 15.9 Å². The van der Waals surface area contributed by atoms with Crippen molar-refractivity contribution in [2.45, 2.75) is 22.2 Å². The predicted octanol–water partition coefficient (Wildman–Crippen LogP) is 2.20. The summed E-state index contributed by atoms with van der Waals surface area (Å²) in [6.07, 6.45) is 0.477. The summed E-state index contributed by atoms with van der Waals surface area (Å²) in [5.41, 5.74) is 0. The number of benzene rings is 2. The number of ether oxygens (including phenoxy) is 1. The minimum atomic E-state index is -3.80. The van der Waals surface area contributed by atoms with Gasteiger partial charge in [0.25, 0.3) is 0 Å². The van der Waals surface area contributed by atoms with Crippen molar-refractivity contribution in [1.29, 1.82) is 0 Å². The van der Waals surface area contributed by atoms with E-state index in [0.717, 1.165) is 0 Å². The molecule has 0 spiro atoms. The average Bonchev–Trinajstić information content (AvgIpc) is 3.07. The number of carbonyl (C=O) groups is 1. The van der Waals surface area contributed by atoms with E-state index in [2.05, 4.69) is 15.9 Å². The van der Waals surface area contributed by atoms with Crippen LogP contribution in [0.3, 0.4) is 0 Å².